The summed E-state index contributed by atoms with van der Waals surface area (Å²) < 4.78 is 7.09. The number of ether oxygens (including phenoxy) is 1. The Balaban J connectivity index is 0.00000324. The molecule has 1 atom stereocenters. The minimum Gasteiger partial charge on any atom is -0.392 e. The van der Waals surface area contributed by atoms with E-state index in [4.69, 9.17) is 16.3 Å². The minimum absolute atomic E-state index is 0. The number of aliphatic hydroxyl groups excluding tert-OH is 1. The van der Waals surface area contributed by atoms with Gasteiger partial charge in [-0.15, -0.1) is 0 Å². The molecule has 1 saturated heterocycles. The Labute approximate surface area is 210 Å². The molecule has 9 nitrogen and oxygen atoms in total. The zero-order chi connectivity index (χ0) is 23.6. The number of carbonyl (C=O) groups excluding carboxylic acids is 1. The van der Waals surface area contributed by atoms with E-state index in [1.165, 1.54) is 0 Å². The summed E-state index contributed by atoms with van der Waals surface area (Å²) in [5, 5.41) is 16.5. The van der Waals surface area contributed by atoms with Crippen LogP contribution in [0, 0.1) is 6.92 Å². The van der Waals surface area contributed by atoms with Crippen LogP contribution >= 0.6 is 25.1 Å². The number of hydrogen-bond acceptors (Lipinski definition) is 7. The van der Waals surface area contributed by atoms with Crippen molar-refractivity contribution in [1.29, 1.82) is 0 Å². The van der Waals surface area contributed by atoms with Crippen molar-refractivity contribution < 1.29 is 14.6 Å². The number of amides is 1. The van der Waals surface area contributed by atoms with Crippen LogP contribution in [0.5, 0.6) is 0 Å². The molecule has 0 radical (unpaired) electrons. The molecule has 0 saturated carbocycles. The monoisotopic (exact) mass is 504 g/mol. The van der Waals surface area contributed by atoms with Gasteiger partial charge in [0.05, 0.1) is 24.8 Å². The van der Waals surface area contributed by atoms with Gasteiger partial charge in [-0.1, -0.05) is 23.7 Å². The maximum atomic E-state index is 13.0. The lowest BCUT2D eigenvalue weighted by molar-refractivity contribution is 0.0906. The topological polar surface area (TPSA) is 114 Å². The number of imidazole rings is 1. The van der Waals surface area contributed by atoms with Crippen LogP contribution in [0.15, 0.2) is 36.9 Å². The van der Waals surface area contributed by atoms with E-state index in [0.29, 0.717) is 29.0 Å². The number of hydrogen-bond donors (Lipinski definition) is 3. The van der Waals surface area contributed by atoms with E-state index in [2.05, 4.69) is 25.6 Å². The third-order valence-corrected chi connectivity index (χ3v) is 6.00. The Hall–Kier alpha value is -2.66. The Morgan fingerprint density at radius 1 is 1.35 bits per heavy atom. The first-order chi connectivity index (χ1) is 15.8. The van der Waals surface area contributed by atoms with E-state index < -0.39 is 5.54 Å². The van der Waals surface area contributed by atoms with Gasteiger partial charge in [-0.3, -0.25) is 9.36 Å². The quantitative estimate of drug-likeness (QED) is 0.453. The van der Waals surface area contributed by atoms with Crippen LogP contribution in [0.1, 0.15) is 47.4 Å². The van der Waals surface area contributed by atoms with Crippen molar-refractivity contribution >= 4 is 37.0 Å². The Kier molecular flexibility index (Phi) is 8.19. The zero-order valence-electron chi connectivity index (χ0n) is 19.3. The molecule has 34 heavy (non-hydrogen) atoms. The van der Waals surface area contributed by atoms with Crippen LogP contribution in [0.2, 0.25) is 5.02 Å². The Morgan fingerprint density at radius 3 is 2.85 bits per heavy atom. The van der Waals surface area contributed by atoms with E-state index in [9.17, 15) is 9.90 Å². The van der Waals surface area contributed by atoms with E-state index in [1.807, 2.05) is 26.8 Å². The molecule has 182 valence electrons. The molecule has 2 aromatic heterocycles. The molecule has 1 aromatic carbocycles. The molecule has 4 rings (SSSR count). The average Bonchev–Trinajstić information content (AvgIpc) is 3.47. The number of rotatable bonds is 7. The van der Waals surface area contributed by atoms with Gasteiger partial charge < -0.3 is 20.5 Å². The Bertz CT molecular complexity index is 1160. The first-order valence-electron chi connectivity index (χ1n) is 10.7. The molecule has 0 bridgehead atoms. The van der Waals surface area contributed by atoms with Gasteiger partial charge in [0.1, 0.15) is 17.8 Å². The van der Waals surface area contributed by atoms with Crippen molar-refractivity contribution in [3.05, 3.63) is 64.3 Å². The van der Waals surface area contributed by atoms with Crippen molar-refractivity contribution in [3.8, 4) is 5.82 Å². The standard InChI is InChI=1S/C23H27ClN6O3.H2S/c1-14-9-25-22(27-15-7-8-33-12-15)28-20(14)30-10-19(26-13-30)21(32)29-23(2,3)17-5-4-6-18(24)16(17)11-31;/h4-6,9-10,13,15,31H,7-8,11-12H2,1-3H3,(H,29,32)(H,25,27,28);1H2. The predicted molar refractivity (Wildman–Crippen MR) is 135 cm³/mol. The summed E-state index contributed by atoms with van der Waals surface area (Å²) in [5.74, 6) is 0.787. The molecule has 3 heterocycles. The van der Waals surface area contributed by atoms with Crippen LogP contribution in [-0.2, 0) is 16.9 Å². The minimum atomic E-state index is -0.783. The fraction of sp³-hybridized carbons (Fsp3) is 0.391. The number of anilines is 1. The second-order valence-corrected chi connectivity index (χ2v) is 8.98. The summed E-state index contributed by atoms with van der Waals surface area (Å²) in [6.45, 7) is 6.73. The smallest absolute Gasteiger partial charge is 0.272 e. The summed E-state index contributed by atoms with van der Waals surface area (Å²) in [4.78, 5) is 26.2. The number of nitrogens with zero attached hydrogens (tertiary/aromatic N) is 4. The van der Waals surface area contributed by atoms with Gasteiger partial charge in [-0.05, 0) is 38.8 Å². The van der Waals surface area contributed by atoms with Gasteiger partial charge in [-0.2, -0.15) is 18.5 Å². The predicted octanol–water partition coefficient (Wildman–Crippen LogP) is 3.10. The van der Waals surface area contributed by atoms with E-state index in [1.54, 1.807) is 35.4 Å². The summed E-state index contributed by atoms with van der Waals surface area (Å²) in [5.41, 5.74) is 1.63. The maximum absolute atomic E-state index is 13.0. The first kappa shape index (κ1) is 26.0. The van der Waals surface area contributed by atoms with Gasteiger partial charge in [0, 0.05) is 35.2 Å². The average molecular weight is 505 g/mol. The molecule has 1 fully saturated rings. The van der Waals surface area contributed by atoms with Gasteiger partial charge in [0.25, 0.3) is 5.91 Å². The third kappa shape index (κ3) is 5.52. The molecule has 1 amide bonds. The SMILES string of the molecule is Cc1cnc(NC2CCOC2)nc1-n1cnc(C(=O)NC(C)(C)c2cccc(Cl)c2CO)c1.S. The van der Waals surface area contributed by atoms with Crippen molar-refractivity contribution in [2.45, 2.75) is 45.4 Å². The lowest BCUT2D eigenvalue weighted by atomic mass is 9.90. The molecular formula is C23H29ClN6O3S. The highest BCUT2D eigenvalue weighted by molar-refractivity contribution is 7.59. The number of aromatic nitrogens is 4. The lowest BCUT2D eigenvalue weighted by Gasteiger charge is -2.29. The number of aliphatic hydroxyl groups is 1. The van der Waals surface area contributed by atoms with Crippen molar-refractivity contribution in [2.75, 3.05) is 18.5 Å². The normalized spacial score (nSPS) is 15.6. The second kappa shape index (κ2) is 10.7. The number of carbonyl (C=O) groups is 1. The molecule has 0 spiro atoms. The molecular weight excluding hydrogens is 476 g/mol. The number of halogens is 1. The molecule has 3 N–H and O–H groups in total. The van der Waals surface area contributed by atoms with E-state index >= 15 is 0 Å². The fourth-order valence-corrected chi connectivity index (χ4v) is 4.11. The maximum Gasteiger partial charge on any atom is 0.272 e. The number of nitrogens with one attached hydrogen (secondary N) is 2. The first-order valence-corrected chi connectivity index (χ1v) is 11.1. The summed E-state index contributed by atoms with van der Waals surface area (Å²) >= 11 is 6.23. The zero-order valence-corrected chi connectivity index (χ0v) is 21.1. The van der Waals surface area contributed by atoms with Crippen LogP contribution in [-0.4, -0.2) is 49.8 Å². The van der Waals surface area contributed by atoms with Gasteiger partial charge >= 0.3 is 0 Å². The van der Waals surface area contributed by atoms with E-state index in [0.717, 1.165) is 24.2 Å². The van der Waals surface area contributed by atoms with Crippen LogP contribution < -0.4 is 10.6 Å². The molecule has 1 aliphatic heterocycles. The highest BCUT2D eigenvalue weighted by Gasteiger charge is 2.28. The van der Waals surface area contributed by atoms with Gasteiger partial charge in [0.2, 0.25) is 5.95 Å². The van der Waals surface area contributed by atoms with Crippen molar-refractivity contribution in [2.24, 2.45) is 0 Å². The van der Waals surface area contributed by atoms with Crippen LogP contribution in [0.25, 0.3) is 5.82 Å². The van der Waals surface area contributed by atoms with Crippen molar-refractivity contribution in [3.63, 3.8) is 0 Å². The molecule has 0 aliphatic carbocycles. The number of benzene rings is 1. The van der Waals surface area contributed by atoms with Crippen molar-refractivity contribution in [1.82, 2.24) is 24.8 Å². The Morgan fingerprint density at radius 2 is 2.15 bits per heavy atom. The summed E-state index contributed by atoms with van der Waals surface area (Å²) in [6.07, 6.45) is 5.83. The summed E-state index contributed by atoms with van der Waals surface area (Å²) in [6, 6.07) is 5.52. The van der Waals surface area contributed by atoms with Gasteiger partial charge in [0.15, 0.2) is 0 Å². The lowest BCUT2D eigenvalue weighted by Crippen LogP contribution is -2.41. The van der Waals surface area contributed by atoms with Crippen LogP contribution in [0.3, 0.4) is 0 Å². The van der Waals surface area contributed by atoms with E-state index in [-0.39, 0.29) is 37.7 Å². The largest absolute Gasteiger partial charge is 0.392 e. The highest BCUT2D eigenvalue weighted by atomic mass is 35.5. The summed E-state index contributed by atoms with van der Waals surface area (Å²) in [7, 11) is 0. The highest BCUT2D eigenvalue weighted by Crippen LogP contribution is 2.29. The third-order valence-electron chi connectivity index (χ3n) is 5.64. The van der Waals surface area contributed by atoms with Crippen LogP contribution in [0.4, 0.5) is 5.95 Å². The number of aryl methyl sites for hydroxylation is 1. The van der Waals surface area contributed by atoms with Gasteiger partial charge in [-0.25, -0.2) is 9.97 Å². The molecule has 11 heteroatoms. The fourth-order valence-electron chi connectivity index (χ4n) is 3.87. The molecule has 1 aliphatic rings. The second-order valence-electron chi connectivity index (χ2n) is 8.57. The molecule has 1 unspecified atom stereocenters. The molecule has 3 aromatic rings.